The summed E-state index contributed by atoms with van der Waals surface area (Å²) < 4.78 is 10.4. The van der Waals surface area contributed by atoms with Crippen molar-refractivity contribution in [1.29, 1.82) is 0 Å². The van der Waals surface area contributed by atoms with Gasteiger partial charge in [-0.2, -0.15) is 0 Å². The molecular formula is C18H20BrNO3. The highest BCUT2D eigenvalue weighted by molar-refractivity contribution is 9.10. The fraction of sp³-hybridized carbons (Fsp3) is 0.333. The first kappa shape index (κ1) is 17.5. The Hall–Kier alpha value is -1.88. The Bertz CT molecular complexity index is 626. The third-order valence-corrected chi connectivity index (χ3v) is 4.09. The van der Waals surface area contributed by atoms with Gasteiger partial charge in [0.1, 0.15) is 10.6 Å². The Morgan fingerprint density at radius 2 is 1.96 bits per heavy atom. The zero-order valence-electron chi connectivity index (χ0n) is 13.3. The zero-order valence-corrected chi connectivity index (χ0v) is 14.9. The molecule has 0 bridgehead atoms. The van der Waals surface area contributed by atoms with Gasteiger partial charge in [0.25, 0.3) is 0 Å². The number of ether oxygens (including phenoxy) is 2. The van der Waals surface area contributed by atoms with E-state index in [9.17, 15) is 4.79 Å². The summed E-state index contributed by atoms with van der Waals surface area (Å²) in [5.74, 6) is 0.543. The average Bonchev–Trinajstić information content (AvgIpc) is 2.57. The van der Waals surface area contributed by atoms with Crippen molar-refractivity contribution in [2.45, 2.75) is 24.6 Å². The number of hydrogen-bond donors (Lipinski definition) is 0. The maximum absolute atomic E-state index is 11.4. The van der Waals surface area contributed by atoms with Crippen LogP contribution in [0.4, 0.5) is 0 Å². The van der Waals surface area contributed by atoms with E-state index in [1.165, 1.54) is 7.11 Å². The molecule has 0 aliphatic carbocycles. The number of aryl methyl sites for hydroxylation is 1. The molecule has 1 aromatic carbocycles. The van der Waals surface area contributed by atoms with Crippen molar-refractivity contribution in [3.8, 4) is 5.75 Å². The predicted molar refractivity (Wildman–Crippen MR) is 93.1 cm³/mol. The second kappa shape index (κ2) is 8.67. The maximum atomic E-state index is 11.4. The molecule has 0 saturated carbocycles. The second-order valence-electron chi connectivity index (χ2n) is 5.26. The van der Waals surface area contributed by atoms with Crippen molar-refractivity contribution in [3.63, 3.8) is 0 Å². The molecule has 2 rings (SSSR count). The second-order valence-corrected chi connectivity index (χ2v) is 6.37. The number of alkyl halides is 1. The van der Waals surface area contributed by atoms with Crippen molar-refractivity contribution >= 4 is 21.9 Å². The van der Waals surface area contributed by atoms with Gasteiger partial charge in [0.15, 0.2) is 0 Å². The van der Waals surface area contributed by atoms with Crippen molar-refractivity contribution in [1.82, 2.24) is 4.98 Å². The summed E-state index contributed by atoms with van der Waals surface area (Å²) in [6, 6.07) is 11.8. The lowest BCUT2D eigenvalue weighted by Crippen LogP contribution is -2.17. The van der Waals surface area contributed by atoms with E-state index in [2.05, 4.69) is 27.0 Å². The Labute approximate surface area is 145 Å². The standard InChI is InChI=1S/C18H20BrNO3/c1-13-3-6-15(20-12-13)9-10-23-16-7-4-14(5-8-16)11-17(19)18(21)22-2/h3-8,12,17H,9-11H2,1-2H3. The lowest BCUT2D eigenvalue weighted by molar-refractivity contribution is -0.139. The summed E-state index contributed by atoms with van der Waals surface area (Å²) in [6.07, 6.45) is 3.22. The number of esters is 1. The van der Waals surface area contributed by atoms with Crippen LogP contribution in [0.1, 0.15) is 16.8 Å². The number of pyridine rings is 1. The molecular weight excluding hydrogens is 358 g/mol. The first-order chi connectivity index (χ1) is 11.1. The number of benzene rings is 1. The Morgan fingerprint density at radius 1 is 1.22 bits per heavy atom. The summed E-state index contributed by atoms with van der Waals surface area (Å²) in [7, 11) is 1.39. The third-order valence-electron chi connectivity index (χ3n) is 3.39. The molecule has 0 radical (unpaired) electrons. The molecule has 0 spiro atoms. The van der Waals surface area contributed by atoms with Gasteiger partial charge in [-0.05, 0) is 42.7 Å². The fourth-order valence-electron chi connectivity index (χ4n) is 2.06. The van der Waals surface area contributed by atoms with Crippen LogP contribution in [0.15, 0.2) is 42.6 Å². The van der Waals surface area contributed by atoms with Crippen LogP contribution in [-0.4, -0.2) is 29.5 Å². The molecule has 1 unspecified atom stereocenters. The van der Waals surface area contributed by atoms with Crippen LogP contribution < -0.4 is 4.74 Å². The molecule has 122 valence electrons. The highest BCUT2D eigenvalue weighted by Crippen LogP contribution is 2.16. The molecule has 23 heavy (non-hydrogen) atoms. The molecule has 5 heteroatoms. The molecule has 0 aliphatic heterocycles. The lowest BCUT2D eigenvalue weighted by Gasteiger charge is -2.09. The smallest absolute Gasteiger partial charge is 0.319 e. The highest BCUT2D eigenvalue weighted by atomic mass is 79.9. The van der Waals surface area contributed by atoms with Gasteiger partial charge in [0, 0.05) is 18.3 Å². The summed E-state index contributed by atoms with van der Waals surface area (Å²) in [5.41, 5.74) is 3.22. The van der Waals surface area contributed by atoms with Gasteiger partial charge in [-0.15, -0.1) is 0 Å². The molecule has 0 N–H and O–H groups in total. The third kappa shape index (κ3) is 5.67. The highest BCUT2D eigenvalue weighted by Gasteiger charge is 2.15. The van der Waals surface area contributed by atoms with Gasteiger partial charge in [0.2, 0.25) is 0 Å². The number of halogens is 1. The minimum atomic E-state index is -0.327. The number of carbonyl (C=O) groups is 1. The fourth-order valence-corrected chi connectivity index (χ4v) is 2.62. The minimum Gasteiger partial charge on any atom is -0.493 e. The van der Waals surface area contributed by atoms with Gasteiger partial charge < -0.3 is 9.47 Å². The van der Waals surface area contributed by atoms with Crippen LogP contribution in [0.25, 0.3) is 0 Å². The molecule has 1 atom stereocenters. The Kier molecular flexibility index (Phi) is 6.59. The summed E-state index contributed by atoms with van der Waals surface area (Å²) in [6.45, 7) is 2.60. The number of aromatic nitrogens is 1. The van der Waals surface area contributed by atoms with E-state index in [0.29, 0.717) is 13.0 Å². The van der Waals surface area contributed by atoms with E-state index in [1.54, 1.807) is 0 Å². The number of methoxy groups -OCH3 is 1. The molecule has 2 aromatic rings. The quantitative estimate of drug-likeness (QED) is 0.547. The molecule has 4 nitrogen and oxygen atoms in total. The average molecular weight is 378 g/mol. The Morgan fingerprint density at radius 3 is 2.57 bits per heavy atom. The van der Waals surface area contributed by atoms with Gasteiger partial charge in [-0.1, -0.05) is 34.1 Å². The number of rotatable bonds is 7. The van der Waals surface area contributed by atoms with E-state index in [1.807, 2.05) is 43.5 Å². The van der Waals surface area contributed by atoms with Crippen molar-refractivity contribution in [2.75, 3.05) is 13.7 Å². The molecule has 0 amide bonds. The maximum Gasteiger partial charge on any atom is 0.319 e. The van der Waals surface area contributed by atoms with Crippen molar-refractivity contribution in [2.24, 2.45) is 0 Å². The van der Waals surface area contributed by atoms with Crippen LogP contribution in [0.5, 0.6) is 5.75 Å². The van der Waals surface area contributed by atoms with Crippen LogP contribution in [0, 0.1) is 6.92 Å². The molecule has 0 saturated heterocycles. The minimum absolute atomic E-state index is 0.268. The first-order valence-corrected chi connectivity index (χ1v) is 8.35. The van der Waals surface area contributed by atoms with Crippen LogP contribution in [0.2, 0.25) is 0 Å². The molecule has 0 fully saturated rings. The normalized spacial score (nSPS) is 11.8. The van der Waals surface area contributed by atoms with Gasteiger partial charge in [-0.3, -0.25) is 9.78 Å². The van der Waals surface area contributed by atoms with E-state index < -0.39 is 0 Å². The van der Waals surface area contributed by atoms with Gasteiger partial charge in [0.05, 0.1) is 13.7 Å². The first-order valence-electron chi connectivity index (χ1n) is 7.43. The monoisotopic (exact) mass is 377 g/mol. The van der Waals surface area contributed by atoms with E-state index >= 15 is 0 Å². The van der Waals surface area contributed by atoms with Gasteiger partial charge >= 0.3 is 5.97 Å². The summed E-state index contributed by atoms with van der Waals surface area (Å²) in [4.78, 5) is 15.4. The van der Waals surface area contributed by atoms with Crippen molar-refractivity contribution < 1.29 is 14.3 Å². The van der Waals surface area contributed by atoms with Crippen molar-refractivity contribution in [3.05, 3.63) is 59.4 Å². The predicted octanol–water partition coefficient (Wildman–Crippen LogP) is 3.49. The van der Waals surface area contributed by atoms with E-state index in [-0.39, 0.29) is 10.8 Å². The zero-order chi connectivity index (χ0) is 16.7. The number of hydrogen-bond acceptors (Lipinski definition) is 4. The van der Waals surface area contributed by atoms with E-state index in [4.69, 9.17) is 9.47 Å². The number of nitrogens with zero attached hydrogens (tertiary/aromatic N) is 1. The summed E-state index contributed by atoms with van der Waals surface area (Å²) in [5, 5.41) is 0. The topological polar surface area (TPSA) is 48.4 Å². The number of carbonyl (C=O) groups excluding carboxylic acids is 1. The molecule has 1 heterocycles. The lowest BCUT2D eigenvalue weighted by atomic mass is 10.1. The molecule has 1 aromatic heterocycles. The molecule has 0 aliphatic rings. The van der Waals surface area contributed by atoms with Crippen LogP contribution in [0.3, 0.4) is 0 Å². The summed E-state index contributed by atoms with van der Waals surface area (Å²) >= 11 is 3.32. The van der Waals surface area contributed by atoms with Gasteiger partial charge in [-0.25, -0.2) is 0 Å². The SMILES string of the molecule is COC(=O)C(Br)Cc1ccc(OCCc2ccc(C)cn2)cc1. The van der Waals surface area contributed by atoms with E-state index in [0.717, 1.165) is 29.0 Å². The largest absolute Gasteiger partial charge is 0.493 e. The Balaban J connectivity index is 1.80. The van der Waals surface area contributed by atoms with Crippen LogP contribution in [-0.2, 0) is 22.4 Å². The van der Waals surface area contributed by atoms with Crippen LogP contribution >= 0.6 is 15.9 Å².